The number of aliphatic carboxylic acids is 1. The predicted octanol–water partition coefficient (Wildman–Crippen LogP) is 5.63. The maximum Gasteiger partial charge on any atom is 0.435 e. The highest BCUT2D eigenvalue weighted by atomic mass is 19.4. The highest BCUT2D eigenvalue weighted by Gasteiger charge is 2.44. The first kappa shape index (κ1) is 25.0. The van der Waals surface area contributed by atoms with Crippen LogP contribution in [0.15, 0.2) is 30.6 Å². The molecule has 1 spiro atoms. The molecule has 1 saturated heterocycles. The molecule has 3 atom stereocenters. The second-order valence-corrected chi connectivity index (χ2v) is 10.6. The van der Waals surface area contributed by atoms with Gasteiger partial charge in [-0.1, -0.05) is 19.1 Å². The fourth-order valence-corrected chi connectivity index (χ4v) is 6.02. The van der Waals surface area contributed by atoms with Gasteiger partial charge < -0.3 is 9.84 Å². The van der Waals surface area contributed by atoms with Crippen molar-refractivity contribution in [1.29, 1.82) is 0 Å². The number of aromatic nitrogens is 2. The van der Waals surface area contributed by atoms with Gasteiger partial charge in [0.25, 0.3) is 0 Å². The molecule has 0 amide bonds. The second kappa shape index (κ2) is 9.32. The van der Waals surface area contributed by atoms with E-state index in [-0.39, 0.29) is 17.2 Å². The zero-order chi connectivity index (χ0) is 25.7. The first-order valence-electron chi connectivity index (χ1n) is 12.7. The number of fused-ring (bicyclic) bond motifs is 1. The molecule has 1 N–H and O–H groups in total. The summed E-state index contributed by atoms with van der Waals surface area (Å²) in [7, 11) is 0. The summed E-state index contributed by atoms with van der Waals surface area (Å²) in [6, 6.07) is 5.67. The van der Waals surface area contributed by atoms with E-state index in [1.165, 1.54) is 6.20 Å². The third-order valence-electron chi connectivity index (χ3n) is 8.36. The Labute approximate surface area is 208 Å². The molecule has 3 unspecified atom stereocenters. The van der Waals surface area contributed by atoms with E-state index >= 15 is 0 Å². The highest BCUT2D eigenvalue weighted by Crippen LogP contribution is 2.49. The Balaban J connectivity index is 1.31. The summed E-state index contributed by atoms with van der Waals surface area (Å²) in [5.74, 6) is -0.0246. The summed E-state index contributed by atoms with van der Waals surface area (Å²) in [4.78, 5) is 21.3. The number of likely N-dealkylation sites (tertiary alicyclic amines) is 1. The molecule has 5 rings (SSSR count). The standard InChI is InChI=1S/C27H32F3N3O3/c1-16(25(34)35)22(19-4-5-19)20-6-3-18-7-8-26(36-21(18)15-20)9-13-33(14-10-26)17(2)23-24(27(28,29)30)32-12-11-31-23/h3,6,11-12,15-17,19,22H,4-5,7-10,13-14H2,1-2H3,(H,34,35). The van der Waals surface area contributed by atoms with E-state index in [9.17, 15) is 23.1 Å². The Kier molecular flexibility index (Phi) is 6.47. The lowest BCUT2D eigenvalue weighted by atomic mass is 9.80. The third kappa shape index (κ3) is 4.82. The quantitative estimate of drug-likeness (QED) is 0.551. The van der Waals surface area contributed by atoms with Gasteiger partial charge in [0, 0.05) is 25.5 Å². The number of alkyl halides is 3. The number of carboxylic acids is 1. The van der Waals surface area contributed by atoms with Gasteiger partial charge in [-0.15, -0.1) is 0 Å². The maximum absolute atomic E-state index is 13.5. The first-order valence-corrected chi connectivity index (χ1v) is 12.7. The summed E-state index contributed by atoms with van der Waals surface area (Å²) in [6.45, 7) is 4.74. The van der Waals surface area contributed by atoms with Crippen molar-refractivity contribution in [1.82, 2.24) is 14.9 Å². The Morgan fingerprint density at radius 1 is 1.14 bits per heavy atom. The molecule has 3 aliphatic rings. The van der Waals surface area contributed by atoms with E-state index in [0.717, 1.165) is 48.8 Å². The zero-order valence-corrected chi connectivity index (χ0v) is 20.6. The van der Waals surface area contributed by atoms with Gasteiger partial charge in [-0.25, -0.2) is 4.98 Å². The number of rotatable bonds is 6. The largest absolute Gasteiger partial charge is 0.487 e. The van der Waals surface area contributed by atoms with Crippen LogP contribution in [0.3, 0.4) is 0 Å². The molecule has 1 saturated carbocycles. The van der Waals surface area contributed by atoms with Crippen molar-refractivity contribution in [2.45, 2.75) is 76.1 Å². The number of carbonyl (C=O) groups is 1. The van der Waals surface area contributed by atoms with Crippen LogP contribution in [-0.2, 0) is 17.4 Å². The Bertz CT molecular complexity index is 1130. The van der Waals surface area contributed by atoms with Crippen molar-refractivity contribution >= 4 is 5.97 Å². The van der Waals surface area contributed by atoms with Crippen molar-refractivity contribution in [2.24, 2.45) is 11.8 Å². The van der Waals surface area contributed by atoms with E-state index in [0.29, 0.717) is 31.8 Å². The first-order chi connectivity index (χ1) is 17.1. The van der Waals surface area contributed by atoms with Crippen LogP contribution in [0, 0.1) is 11.8 Å². The van der Waals surface area contributed by atoms with Gasteiger partial charge in [-0.2, -0.15) is 13.2 Å². The monoisotopic (exact) mass is 503 g/mol. The van der Waals surface area contributed by atoms with Gasteiger partial charge in [0.1, 0.15) is 11.4 Å². The number of hydrogen-bond acceptors (Lipinski definition) is 5. The van der Waals surface area contributed by atoms with Gasteiger partial charge in [0.05, 0.1) is 17.7 Å². The van der Waals surface area contributed by atoms with Crippen LogP contribution in [0.5, 0.6) is 5.75 Å². The van der Waals surface area contributed by atoms with Gasteiger partial charge in [-0.3, -0.25) is 14.7 Å². The van der Waals surface area contributed by atoms with Gasteiger partial charge in [0.2, 0.25) is 0 Å². The fourth-order valence-electron chi connectivity index (χ4n) is 6.02. The normalized spacial score (nSPS) is 22.4. The molecular formula is C27H32F3N3O3. The van der Waals surface area contributed by atoms with E-state index in [1.54, 1.807) is 13.8 Å². The molecule has 3 heterocycles. The van der Waals surface area contributed by atoms with Crippen LogP contribution in [0.25, 0.3) is 0 Å². The van der Waals surface area contributed by atoms with Crippen molar-refractivity contribution in [3.63, 3.8) is 0 Å². The summed E-state index contributed by atoms with van der Waals surface area (Å²) < 4.78 is 47.0. The summed E-state index contributed by atoms with van der Waals surface area (Å²) in [6.07, 6.45) is 3.11. The summed E-state index contributed by atoms with van der Waals surface area (Å²) in [5.41, 5.74) is 0.835. The molecular weight excluding hydrogens is 471 g/mol. The Morgan fingerprint density at radius 2 is 1.83 bits per heavy atom. The van der Waals surface area contributed by atoms with Crippen molar-refractivity contribution in [3.8, 4) is 5.75 Å². The fraction of sp³-hybridized carbons (Fsp3) is 0.593. The minimum Gasteiger partial charge on any atom is -0.487 e. The number of carboxylic acid groups (broad SMARTS) is 1. The molecule has 1 aliphatic carbocycles. The lowest BCUT2D eigenvalue weighted by molar-refractivity contribution is -0.143. The Hall–Kier alpha value is -2.68. The molecule has 2 aromatic rings. The average molecular weight is 504 g/mol. The van der Waals surface area contributed by atoms with Crippen LogP contribution in [-0.4, -0.2) is 44.6 Å². The average Bonchev–Trinajstić information content (AvgIpc) is 3.68. The van der Waals surface area contributed by atoms with E-state index in [4.69, 9.17) is 4.74 Å². The molecule has 2 aliphatic heterocycles. The zero-order valence-electron chi connectivity index (χ0n) is 20.6. The van der Waals surface area contributed by atoms with Gasteiger partial charge in [0.15, 0.2) is 5.69 Å². The van der Waals surface area contributed by atoms with Crippen LogP contribution in [0.2, 0.25) is 0 Å². The van der Waals surface area contributed by atoms with Crippen LogP contribution < -0.4 is 4.74 Å². The summed E-state index contributed by atoms with van der Waals surface area (Å²) >= 11 is 0. The maximum atomic E-state index is 13.5. The molecule has 1 aromatic carbocycles. The van der Waals surface area contributed by atoms with E-state index in [2.05, 4.69) is 22.1 Å². The van der Waals surface area contributed by atoms with E-state index in [1.807, 2.05) is 11.0 Å². The van der Waals surface area contributed by atoms with E-state index < -0.39 is 29.8 Å². The SMILES string of the molecule is CC(C(=O)O)C(c1ccc2c(c1)OC1(CC2)CCN(C(C)c2nccnc2C(F)(F)F)CC1)C1CC1. The van der Waals surface area contributed by atoms with Crippen LogP contribution >= 0.6 is 0 Å². The van der Waals surface area contributed by atoms with Gasteiger partial charge in [-0.05, 0) is 74.5 Å². The molecule has 36 heavy (non-hydrogen) atoms. The van der Waals surface area contributed by atoms with Gasteiger partial charge >= 0.3 is 12.1 Å². The number of hydrogen-bond donors (Lipinski definition) is 1. The number of ether oxygens (including phenoxy) is 1. The smallest absolute Gasteiger partial charge is 0.435 e. The molecule has 6 nitrogen and oxygen atoms in total. The van der Waals surface area contributed by atoms with Crippen molar-refractivity contribution in [2.75, 3.05) is 13.1 Å². The minimum atomic E-state index is -4.54. The summed E-state index contributed by atoms with van der Waals surface area (Å²) in [5, 5.41) is 9.63. The topological polar surface area (TPSA) is 75.6 Å². The van der Waals surface area contributed by atoms with Crippen molar-refractivity contribution < 1.29 is 27.8 Å². The second-order valence-electron chi connectivity index (χ2n) is 10.6. The van der Waals surface area contributed by atoms with Crippen LogP contribution in [0.4, 0.5) is 13.2 Å². The molecule has 1 aromatic heterocycles. The lowest BCUT2D eigenvalue weighted by Gasteiger charge is -2.46. The number of piperidine rings is 1. The highest BCUT2D eigenvalue weighted by molar-refractivity contribution is 5.71. The molecule has 194 valence electrons. The Morgan fingerprint density at radius 3 is 2.47 bits per heavy atom. The molecule has 9 heteroatoms. The molecule has 2 fully saturated rings. The number of nitrogens with zero attached hydrogens (tertiary/aromatic N) is 3. The molecule has 0 radical (unpaired) electrons. The number of aryl methyl sites for hydroxylation is 1. The minimum absolute atomic E-state index is 0.0215. The predicted molar refractivity (Wildman–Crippen MR) is 127 cm³/mol. The van der Waals surface area contributed by atoms with Crippen LogP contribution in [0.1, 0.15) is 80.4 Å². The van der Waals surface area contributed by atoms with Crippen molar-refractivity contribution in [3.05, 3.63) is 53.1 Å². The lowest BCUT2D eigenvalue weighted by Crippen LogP contribution is -2.50. The molecule has 0 bridgehead atoms. The number of benzene rings is 1. The number of halogens is 3. The third-order valence-corrected chi connectivity index (χ3v) is 8.36.